The molecule has 0 radical (unpaired) electrons. The van der Waals surface area contributed by atoms with Crippen LogP contribution in [0.5, 0.6) is 0 Å². The highest BCUT2D eigenvalue weighted by molar-refractivity contribution is 8.00. The van der Waals surface area contributed by atoms with Crippen molar-refractivity contribution in [3.05, 3.63) is 35.4 Å². The minimum atomic E-state index is -1.22. The van der Waals surface area contributed by atoms with Crippen LogP contribution in [0.3, 0.4) is 0 Å². The summed E-state index contributed by atoms with van der Waals surface area (Å²) in [7, 11) is 0. The molecule has 1 saturated heterocycles. The van der Waals surface area contributed by atoms with E-state index in [9.17, 15) is 14.7 Å². The molecule has 1 aromatic rings. The first-order chi connectivity index (χ1) is 8.09. The molecule has 0 spiro atoms. The van der Waals surface area contributed by atoms with Crippen LogP contribution in [0.25, 0.3) is 0 Å². The topological polar surface area (TPSA) is 60.4 Å². The maximum Gasteiger partial charge on any atom is 0.234 e. The molecule has 0 bridgehead atoms. The normalized spacial score (nSPS) is 19.7. The lowest BCUT2D eigenvalue weighted by Crippen LogP contribution is -2.40. The second kappa shape index (κ2) is 4.79. The Hall–Kier alpha value is -1.49. The lowest BCUT2D eigenvalue weighted by Gasteiger charge is -2.25. The van der Waals surface area contributed by atoms with Gasteiger partial charge in [0.05, 0.1) is 18.3 Å². The van der Waals surface area contributed by atoms with E-state index in [0.29, 0.717) is 5.75 Å². The molecule has 0 aliphatic carbocycles. The third-order valence-electron chi connectivity index (χ3n) is 2.72. The second-order valence-electron chi connectivity index (χ2n) is 3.91. The predicted molar refractivity (Wildman–Crippen MR) is 63.1 cm³/mol. The molecule has 1 fully saturated rings. The molecule has 4 nitrogen and oxygen atoms in total. The van der Waals surface area contributed by atoms with Crippen LogP contribution in [-0.4, -0.2) is 29.1 Å². The van der Waals surface area contributed by atoms with Gasteiger partial charge in [-0.25, -0.2) is 0 Å². The molecule has 0 saturated carbocycles. The van der Waals surface area contributed by atoms with Gasteiger partial charge in [-0.2, -0.15) is 0 Å². The Kier molecular flexibility index (Phi) is 3.38. The minimum absolute atomic E-state index is 0.146. The van der Waals surface area contributed by atoms with E-state index in [4.69, 9.17) is 0 Å². The van der Waals surface area contributed by atoms with Crippen molar-refractivity contribution in [1.82, 2.24) is 4.90 Å². The van der Waals surface area contributed by atoms with Gasteiger partial charge in [0, 0.05) is 0 Å². The molecule has 0 unspecified atom stereocenters. The molecule has 0 aromatic heterocycles. The number of aliphatic carboxylic acids is 1. The van der Waals surface area contributed by atoms with Crippen LogP contribution >= 0.6 is 11.8 Å². The van der Waals surface area contributed by atoms with Gasteiger partial charge in [0.1, 0.15) is 5.37 Å². The fourth-order valence-electron chi connectivity index (χ4n) is 1.89. The molecule has 17 heavy (non-hydrogen) atoms. The molecule has 5 heteroatoms. The summed E-state index contributed by atoms with van der Waals surface area (Å²) in [5.41, 5.74) is 2.05. The largest absolute Gasteiger partial charge is 0.548 e. The summed E-state index contributed by atoms with van der Waals surface area (Å²) < 4.78 is 0. The van der Waals surface area contributed by atoms with Gasteiger partial charge in [-0.15, -0.1) is 11.8 Å². The number of rotatable bonds is 3. The molecule has 90 valence electrons. The number of carbonyl (C=O) groups excluding carboxylic acids is 2. The number of hydrogen-bond acceptors (Lipinski definition) is 4. The zero-order chi connectivity index (χ0) is 12.4. The van der Waals surface area contributed by atoms with Gasteiger partial charge >= 0.3 is 0 Å². The highest BCUT2D eigenvalue weighted by atomic mass is 32.2. The summed E-state index contributed by atoms with van der Waals surface area (Å²) in [6.07, 6.45) is 0. The summed E-state index contributed by atoms with van der Waals surface area (Å²) in [5, 5.41) is 10.4. The van der Waals surface area contributed by atoms with Gasteiger partial charge in [-0.1, -0.05) is 24.3 Å². The summed E-state index contributed by atoms with van der Waals surface area (Å²) in [4.78, 5) is 23.6. The molecular formula is C12H12NO3S-. The molecule has 1 atom stereocenters. The van der Waals surface area contributed by atoms with Gasteiger partial charge in [0.2, 0.25) is 5.91 Å². The number of thioether (sulfide) groups is 1. The maximum atomic E-state index is 11.6. The standard InChI is InChI=1S/C12H13NO3S/c1-8-4-2-3-5-9(8)12-13(6-11(15)16)10(14)7-17-12/h2-5,12H,6-7H2,1H3,(H,15,16)/p-1/t12-/m0/s1. The molecule has 2 rings (SSSR count). The van der Waals surface area contributed by atoms with E-state index in [1.807, 2.05) is 31.2 Å². The number of benzene rings is 1. The highest BCUT2D eigenvalue weighted by Crippen LogP contribution is 2.39. The van der Waals surface area contributed by atoms with E-state index < -0.39 is 5.97 Å². The summed E-state index contributed by atoms with van der Waals surface area (Å²) >= 11 is 1.45. The first kappa shape index (κ1) is 12.0. The van der Waals surface area contributed by atoms with Crippen LogP contribution in [0, 0.1) is 6.92 Å². The zero-order valence-electron chi connectivity index (χ0n) is 9.38. The molecule has 1 aromatic carbocycles. The maximum absolute atomic E-state index is 11.6. The van der Waals surface area contributed by atoms with E-state index in [1.54, 1.807) is 0 Å². The van der Waals surface area contributed by atoms with Crippen LogP contribution in [0.1, 0.15) is 16.5 Å². The predicted octanol–water partition coefficient (Wildman–Crippen LogP) is 0.319. The Balaban J connectivity index is 2.28. The van der Waals surface area contributed by atoms with Crippen molar-refractivity contribution in [2.24, 2.45) is 0 Å². The van der Waals surface area contributed by atoms with Crippen LogP contribution in [-0.2, 0) is 9.59 Å². The van der Waals surface area contributed by atoms with Gasteiger partial charge in [-0.3, -0.25) is 4.79 Å². The van der Waals surface area contributed by atoms with Crippen molar-refractivity contribution in [2.75, 3.05) is 12.3 Å². The van der Waals surface area contributed by atoms with Gasteiger partial charge in [0.25, 0.3) is 0 Å². The first-order valence-corrected chi connectivity index (χ1v) is 6.31. The lowest BCUT2D eigenvalue weighted by atomic mass is 10.1. The van der Waals surface area contributed by atoms with Crippen molar-refractivity contribution in [2.45, 2.75) is 12.3 Å². The third kappa shape index (κ3) is 2.44. The molecule has 1 aliphatic rings. The molecule has 0 N–H and O–H groups in total. The second-order valence-corrected chi connectivity index (χ2v) is 4.98. The van der Waals surface area contributed by atoms with E-state index in [-0.39, 0.29) is 17.8 Å². The van der Waals surface area contributed by atoms with Gasteiger partial charge in [-0.05, 0) is 18.1 Å². The summed E-state index contributed by atoms with van der Waals surface area (Å²) in [5.74, 6) is -1.04. The Morgan fingerprint density at radius 1 is 1.53 bits per heavy atom. The molecule has 1 amide bonds. The monoisotopic (exact) mass is 250 g/mol. The molecular weight excluding hydrogens is 238 g/mol. The summed E-state index contributed by atoms with van der Waals surface area (Å²) in [6, 6.07) is 7.69. The van der Waals surface area contributed by atoms with Crippen molar-refractivity contribution < 1.29 is 14.7 Å². The number of carboxylic acids is 1. The van der Waals surface area contributed by atoms with Gasteiger partial charge in [0.15, 0.2) is 0 Å². The Labute approximate surface area is 104 Å². The van der Waals surface area contributed by atoms with Crippen LogP contribution in [0.2, 0.25) is 0 Å². The van der Waals surface area contributed by atoms with E-state index in [1.165, 1.54) is 16.7 Å². The summed E-state index contributed by atoms with van der Waals surface area (Å²) in [6.45, 7) is 1.61. The SMILES string of the molecule is Cc1ccccc1[C@@H]1SCC(=O)N1CC(=O)[O-]. The highest BCUT2D eigenvalue weighted by Gasteiger charge is 2.33. The van der Waals surface area contributed by atoms with Crippen molar-refractivity contribution >= 4 is 23.6 Å². The van der Waals surface area contributed by atoms with Crippen LogP contribution in [0.4, 0.5) is 0 Å². The number of hydrogen-bond donors (Lipinski definition) is 0. The number of nitrogens with zero attached hydrogens (tertiary/aromatic N) is 1. The molecule has 1 aliphatic heterocycles. The number of amides is 1. The van der Waals surface area contributed by atoms with Crippen molar-refractivity contribution in [1.29, 1.82) is 0 Å². The average molecular weight is 250 g/mol. The molecule has 1 heterocycles. The Morgan fingerprint density at radius 3 is 2.88 bits per heavy atom. The van der Waals surface area contributed by atoms with Crippen LogP contribution in [0.15, 0.2) is 24.3 Å². The van der Waals surface area contributed by atoms with Gasteiger partial charge < -0.3 is 14.8 Å². The Morgan fingerprint density at radius 2 is 2.24 bits per heavy atom. The number of carboxylic acid groups (broad SMARTS) is 1. The third-order valence-corrected chi connectivity index (χ3v) is 3.96. The van der Waals surface area contributed by atoms with E-state index in [0.717, 1.165) is 11.1 Å². The van der Waals surface area contributed by atoms with E-state index in [2.05, 4.69) is 0 Å². The zero-order valence-corrected chi connectivity index (χ0v) is 10.2. The average Bonchev–Trinajstić information content (AvgIpc) is 2.61. The number of aryl methyl sites for hydroxylation is 1. The van der Waals surface area contributed by atoms with Crippen LogP contribution < -0.4 is 5.11 Å². The first-order valence-electron chi connectivity index (χ1n) is 5.26. The lowest BCUT2D eigenvalue weighted by molar-refractivity contribution is -0.306. The van der Waals surface area contributed by atoms with Crippen molar-refractivity contribution in [3.63, 3.8) is 0 Å². The van der Waals surface area contributed by atoms with E-state index >= 15 is 0 Å². The smallest absolute Gasteiger partial charge is 0.234 e. The van der Waals surface area contributed by atoms with Crippen molar-refractivity contribution in [3.8, 4) is 0 Å². The fraction of sp³-hybridized carbons (Fsp3) is 0.333. The minimum Gasteiger partial charge on any atom is -0.548 e. The number of carbonyl (C=O) groups is 2. The Bertz CT molecular complexity index is 461. The fourth-order valence-corrected chi connectivity index (χ4v) is 3.17. The quantitative estimate of drug-likeness (QED) is 0.775.